The van der Waals surface area contributed by atoms with E-state index in [0.717, 1.165) is 0 Å². The molecule has 6 heteroatoms. The first-order valence-corrected chi connectivity index (χ1v) is 5.39. The summed E-state index contributed by atoms with van der Waals surface area (Å²) in [4.78, 5) is 27.5. The highest BCUT2D eigenvalue weighted by Crippen LogP contribution is 2.28. The minimum Gasteiger partial charge on any atom is -0.394 e. The molecule has 0 aliphatic carbocycles. The standard InChI is InChI=1S/C10H17N3O3/c1-3-10(4-2)7(15)12-9(11-5-6-14)13-8(10)16/h14H,3-6H2,1-2H3,(H2,11,12,13,15,16). The Labute approximate surface area is 94.1 Å². The molecule has 0 aromatic heterocycles. The summed E-state index contributed by atoms with van der Waals surface area (Å²) in [6, 6.07) is 0. The van der Waals surface area contributed by atoms with Crippen LogP contribution in [0.25, 0.3) is 0 Å². The van der Waals surface area contributed by atoms with Crippen LogP contribution in [0.2, 0.25) is 0 Å². The number of carbonyl (C=O) groups is 2. The summed E-state index contributed by atoms with van der Waals surface area (Å²) < 4.78 is 0. The molecule has 1 heterocycles. The zero-order valence-electron chi connectivity index (χ0n) is 9.54. The van der Waals surface area contributed by atoms with Gasteiger partial charge in [0.05, 0.1) is 13.2 Å². The smallest absolute Gasteiger partial charge is 0.242 e. The van der Waals surface area contributed by atoms with Gasteiger partial charge in [0, 0.05) is 0 Å². The molecule has 1 aliphatic heterocycles. The summed E-state index contributed by atoms with van der Waals surface area (Å²) >= 11 is 0. The highest BCUT2D eigenvalue weighted by atomic mass is 16.3. The predicted molar refractivity (Wildman–Crippen MR) is 58.7 cm³/mol. The Morgan fingerprint density at radius 2 is 1.69 bits per heavy atom. The van der Waals surface area contributed by atoms with Gasteiger partial charge in [0.1, 0.15) is 5.41 Å². The number of nitrogens with one attached hydrogen (secondary N) is 2. The number of hydrogen-bond acceptors (Lipinski definition) is 4. The third-order valence-electron chi connectivity index (χ3n) is 2.91. The van der Waals surface area contributed by atoms with E-state index in [4.69, 9.17) is 5.11 Å². The maximum atomic E-state index is 11.8. The molecule has 1 rings (SSSR count). The Balaban J connectivity index is 2.87. The molecule has 90 valence electrons. The summed E-state index contributed by atoms with van der Waals surface area (Å²) in [5.41, 5.74) is -0.988. The van der Waals surface area contributed by atoms with Crippen molar-refractivity contribution < 1.29 is 14.7 Å². The number of aliphatic imine (C=N–C) groups is 1. The van der Waals surface area contributed by atoms with Crippen LogP contribution in [0.15, 0.2) is 4.99 Å². The van der Waals surface area contributed by atoms with Gasteiger partial charge in [0.2, 0.25) is 17.8 Å². The van der Waals surface area contributed by atoms with Gasteiger partial charge in [-0.1, -0.05) is 13.8 Å². The molecule has 1 saturated heterocycles. The van der Waals surface area contributed by atoms with Crippen LogP contribution in [-0.4, -0.2) is 36.0 Å². The van der Waals surface area contributed by atoms with Gasteiger partial charge in [-0.2, -0.15) is 0 Å². The minimum atomic E-state index is -0.988. The summed E-state index contributed by atoms with van der Waals surface area (Å²) in [7, 11) is 0. The fraction of sp³-hybridized carbons (Fsp3) is 0.700. The van der Waals surface area contributed by atoms with Crippen molar-refractivity contribution in [1.29, 1.82) is 0 Å². The van der Waals surface area contributed by atoms with E-state index in [1.807, 2.05) is 0 Å². The maximum Gasteiger partial charge on any atom is 0.242 e. The van der Waals surface area contributed by atoms with Crippen molar-refractivity contribution in [3.05, 3.63) is 0 Å². The third-order valence-corrected chi connectivity index (χ3v) is 2.91. The molecule has 1 aliphatic rings. The molecule has 2 amide bonds. The third kappa shape index (κ3) is 2.06. The minimum absolute atomic E-state index is 0.123. The summed E-state index contributed by atoms with van der Waals surface area (Å²) in [6.07, 6.45) is 0.906. The Bertz CT molecular complexity index is 299. The molecule has 16 heavy (non-hydrogen) atoms. The lowest BCUT2D eigenvalue weighted by atomic mass is 9.79. The Kier molecular flexibility index (Phi) is 4.00. The van der Waals surface area contributed by atoms with Crippen LogP contribution in [-0.2, 0) is 9.59 Å². The van der Waals surface area contributed by atoms with E-state index >= 15 is 0 Å². The van der Waals surface area contributed by atoms with E-state index in [1.54, 1.807) is 13.8 Å². The van der Waals surface area contributed by atoms with Crippen molar-refractivity contribution in [3.63, 3.8) is 0 Å². The summed E-state index contributed by atoms with van der Waals surface area (Å²) in [5.74, 6) is -0.516. The van der Waals surface area contributed by atoms with E-state index in [1.165, 1.54) is 0 Å². The quantitative estimate of drug-likeness (QED) is 0.559. The average Bonchev–Trinajstić information content (AvgIpc) is 2.27. The van der Waals surface area contributed by atoms with Crippen LogP contribution in [0.3, 0.4) is 0 Å². The first-order chi connectivity index (χ1) is 7.60. The molecule has 1 fully saturated rings. The van der Waals surface area contributed by atoms with E-state index < -0.39 is 5.41 Å². The zero-order valence-corrected chi connectivity index (χ0v) is 9.54. The van der Waals surface area contributed by atoms with Crippen LogP contribution in [0, 0.1) is 5.41 Å². The van der Waals surface area contributed by atoms with Gasteiger partial charge in [-0.3, -0.25) is 25.2 Å². The molecule has 6 nitrogen and oxygen atoms in total. The van der Waals surface area contributed by atoms with E-state index in [-0.39, 0.29) is 30.9 Å². The number of amides is 2. The second-order valence-electron chi connectivity index (χ2n) is 3.65. The Morgan fingerprint density at radius 3 is 2.06 bits per heavy atom. The fourth-order valence-corrected chi connectivity index (χ4v) is 1.72. The molecule has 0 spiro atoms. The SMILES string of the molecule is CCC1(CC)C(=O)NC(=NCCO)NC1=O. The van der Waals surface area contributed by atoms with Gasteiger partial charge in [0.15, 0.2) is 0 Å². The normalized spacial score (nSPS) is 19.1. The number of guanidine groups is 1. The zero-order chi connectivity index (χ0) is 12.2. The lowest BCUT2D eigenvalue weighted by molar-refractivity contribution is -0.144. The monoisotopic (exact) mass is 227 g/mol. The Morgan fingerprint density at radius 1 is 1.19 bits per heavy atom. The van der Waals surface area contributed by atoms with Crippen molar-refractivity contribution in [2.45, 2.75) is 26.7 Å². The molecule has 0 bridgehead atoms. The van der Waals surface area contributed by atoms with E-state index in [9.17, 15) is 9.59 Å². The lowest BCUT2D eigenvalue weighted by Gasteiger charge is -2.33. The van der Waals surface area contributed by atoms with Gasteiger partial charge < -0.3 is 5.11 Å². The second-order valence-corrected chi connectivity index (χ2v) is 3.65. The molecule has 0 aromatic carbocycles. The van der Waals surface area contributed by atoms with Gasteiger partial charge >= 0.3 is 0 Å². The number of rotatable bonds is 4. The van der Waals surface area contributed by atoms with Crippen LogP contribution in [0.1, 0.15) is 26.7 Å². The number of hydrogen-bond donors (Lipinski definition) is 3. The van der Waals surface area contributed by atoms with Crippen LogP contribution in [0.5, 0.6) is 0 Å². The van der Waals surface area contributed by atoms with Crippen molar-refractivity contribution in [2.24, 2.45) is 10.4 Å². The van der Waals surface area contributed by atoms with Gasteiger partial charge in [0.25, 0.3) is 0 Å². The second kappa shape index (κ2) is 5.07. The highest BCUT2D eigenvalue weighted by molar-refractivity contribution is 6.20. The fourth-order valence-electron chi connectivity index (χ4n) is 1.72. The van der Waals surface area contributed by atoms with Crippen molar-refractivity contribution in [2.75, 3.05) is 13.2 Å². The molecule has 0 atom stereocenters. The van der Waals surface area contributed by atoms with Crippen LogP contribution in [0.4, 0.5) is 0 Å². The van der Waals surface area contributed by atoms with Crippen molar-refractivity contribution >= 4 is 17.8 Å². The van der Waals surface area contributed by atoms with E-state index in [2.05, 4.69) is 15.6 Å². The molecule has 0 unspecified atom stereocenters. The number of nitrogens with zero attached hydrogens (tertiary/aromatic N) is 1. The van der Waals surface area contributed by atoms with Crippen LogP contribution < -0.4 is 10.6 Å². The van der Waals surface area contributed by atoms with E-state index in [0.29, 0.717) is 12.8 Å². The predicted octanol–water partition coefficient (Wildman–Crippen LogP) is -0.613. The molecule has 0 aromatic rings. The number of carbonyl (C=O) groups excluding carboxylic acids is 2. The van der Waals surface area contributed by atoms with Crippen molar-refractivity contribution in [1.82, 2.24) is 10.6 Å². The first-order valence-electron chi connectivity index (χ1n) is 5.39. The largest absolute Gasteiger partial charge is 0.394 e. The molecule has 0 saturated carbocycles. The number of aliphatic hydroxyl groups is 1. The molecular formula is C10H17N3O3. The summed E-state index contributed by atoms with van der Waals surface area (Å²) in [5, 5.41) is 13.7. The highest BCUT2D eigenvalue weighted by Gasteiger charge is 2.46. The molecule has 3 N–H and O–H groups in total. The lowest BCUT2D eigenvalue weighted by Crippen LogP contribution is -2.62. The Hall–Kier alpha value is -1.43. The average molecular weight is 227 g/mol. The van der Waals surface area contributed by atoms with Crippen molar-refractivity contribution in [3.8, 4) is 0 Å². The molecular weight excluding hydrogens is 210 g/mol. The number of aliphatic hydroxyl groups excluding tert-OH is 1. The summed E-state index contributed by atoms with van der Waals surface area (Å²) in [6.45, 7) is 3.64. The van der Waals surface area contributed by atoms with Gasteiger partial charge in [-0.25, -0.2) is 0 Å². The molecule has 0 radical (unpaired) electrons. The maximum absolute atomic E-state index is 11.8. The van der Waals surface area contributed by atoms with Crippen LogP contribution >= 0.6 is 0 Å². The topological polar surface area (TPSA) is 90.8 Å². The van der Waals surface area contributed by atoms with Gasteiger partial charge in [-0.15, -0.1) is 0 Å². The first kappa shape index (κ1) is 12.6. The van der Waals surface area contributed by atoms with Gasteiger partial charge in [-0.05, 0) is 12.8 Å².